The average Bonchev–Trinajstić information content (AvgIpc) is 2.66. The summed E-state index contributed by atoms with van der Waals surface area (Å²) in [5, 5.41) is 6.70. The molecule has 0 aliphatic carbocycles. The molecular weight excluding hydrogens is 461 g/mol. The van der Waals surface area contributed by atoms with Crippen molar-refractivity contribution in [3.63, 3.8) is 0 Å². The Bertz CT molecular complexity index is 1140. The van der Waals surface area contributed by atoms with E-state index in [1.165, 1.54) is 17.9 Å². The molecule has 0 aromatic carbocycles. The van der Waals surface area contributed by atoms with Crippen LogP contribution in [0.2, 0.25) is 0 Å². The molecule has 1 amide bonds. The van der Waals surface area contributed by atoms with Gasteiger partial charge in [-0.2, -0.15) is 13.2 Å². The van der Waals surface area contributed by atoms with Crippen molar-refractivity contribution in [2.45, 2.75) is 42.9 Å². The van der Waals surface area contributed by atoms with Crippen LogP contribution in [0.3, 0.4) is 0 Å². The molecule has 0 spiro atoms. The van der Waals surface area contributed by atoms with Crippen LogP contribution in [0.4, 0.5) is 33.5 Å². The lowest BCUT2D eigenvalue weighted by molar-refractivity contribution is -0.137. The van der Waals surface area contributed by atoms with Crippen LogP contribution < -0.4 is 15.4 Å². The van der Waals surface area contributed by atoms with Crippen molar-refractivity contribution >= 4 is 27.4 Å². The van der Waals surface area contributed by atoms with Gasteiger partial charge in [0.25, 0.3) is 21.9 Å². The molecule has 0 unspecified atom stereocenters. The topological polar surface area (TPSA) is 118 Å². The van der Waals surface area contributed by atoms with Crippen LogP contribution in [-0.4, -0.2) is 42.8 Å². The van der Waals surface area contributed by atoms with Crippen molar-refractivity contribution in [1.82, 2.24) is 9.97 Å². The van der Waals surface area contributed by atoms with Crippen molar-refractivity contribution < 1.29 is 35.2 Å². The summed E-state index contributed by atoms with van der Waals surface area (Å²) in [5.41, 5.74) is -1.82. The molecule has 0 bridgehead atoms. The lowest BCUT2D eigenvalue weighted by Crippen LogP contribution is -2.46. The summed E-state index contributed by atoms with van der Waals surface area (Å²) >= 11 is 0. The summed E-state index contributed by atoms with van der Waals surface area (Å²) in [5.74, 6) is -4.18. The van der Waals surface area contributed by atoms with Gasteiger partial charge in [-0.3, -0.25) is 4.79 Å². The largest absolute Gasteiger partial charge is 0.417 e. The molecule has 1 saturated heterocycles. The molecule has 3 rings (SSSR count). The normalized spacial score (nSPS) is 19.0. The zero-order valence-electron chi connectivity index (χ0n) is 16.5. The van der Waals surface area contributed by atoms with Crippen LogP contribution in [0.5, 0.6) is 0 Å². The van der Waals surface area contributed by atoms with E-state index in [9.17, 15) is 35.2 Å². The maximum Gasteiger partial charge on any atom is 0.417 e. The predicted octanol–water partition coefficient (Wildman–Crippen LogP) is 3.02. The van der Waals surface area contributed by atoms with Crippen LogP contribution in [0.25, 0.3) is 0 Å². The zero-order valence-corrected chi connectivity index (χ0v) is 17.3. The number of anilines is 2. The number of piperidine rings is 1. The molecule has 1 aliphatic rings. The van der Waals surface area contributed by atoms with E-state index in [0.29, 0.717) is 12.3 Å². The van der Waals surface area contributed by atoms with E-state index in [1.54, 1.807) is 0 Å². The first-order chi connectivity index (χ1) is 14.7. The van der Waals surface area contributed by atoms with Gasteiger partial charge in [0.2, 0.25) is 0 Å². The Morgan fingerprint density at radius 2 is 1.97 bits per heavy atom. The Morgan fingerprint density at radius 1 is 1.28 bits per heavy atom. The summed E-state index contributed by atoms with van der Waals surface area (Å²) in [6.07, 6.45) is -4.35. The summed E-state index contributed by atoms with van der Waals surface area (Å²) in [6.45, 7) is 1.23. The summed E-state index contributed by atoms with van der Waals surface area (Å²) in [6, 6.07) is 1.90. The smallest absolute Gasteiger partial charge is 0.353 e. The number of amides is 1. The molecule has 32 heavy (non-hydrogen) atoms. The van der Waals surface area contributed by atoms with E-state index in [4.69, 9.17) is 5.14 Å². The second-order valence-corrected chi connectivity index (χ2v) is 8.84. The van der Waals surface area contributed by atoms with Gasteiger partial charge in [0.05, 0.1) is 11.1 Å². The third-order valence-electron chi connectivity index (χ3n) is 4.84. The number of nitrogens with two attached hydrogens (primary N) is 1. The van der Waals surface area contributed by atoms with E-state index in [2.05, 4.69) is 15.3 Å². The zero-order chi connectivity index (χ0) is 23.9. The van der Waals surface area contributed by atoms with E-state index in [0.717, 1.165) is 12.3 Å². The number of halogens is 5. The van der Waals surface area contributed by atoms with Crippen LogP contribution >= 0.6 is 0 Å². The number of nitrogens with one attached hydrogen (secondary N) is 1. The molecular formula is C18H18F5N5O3S. The van der Waals surface area contributed by atoms with E-state index in [-0.39, 0.29) is 18.1 Å². The van der Waals surface area contributed by atoms with Crippen LogP contribution in [0.1, 0.15) is 35.7 Å². The molecule has 0 saturated carbocycles. The van der Waals surface area contributed by atoms with Crippen LogP contribution in [-0.2, 0) is 16.2 Å². The van der Waals surface area contributed by atoms with Gasteiger partial charge in [-0.25, -0.2) is 32.3 Å². The number of carbonyl (C=O) groups is 1. The van der Waals surface area contributed by atoms with Gasteiger partial charge >= 0.3 is 6.18 Å². The Hall–Kier alpha value is -2.87. The highest BCUT2D eigenvalue weighted by atomic mass is 32.2. The third-order valence-corrected chi connectivity index (χ3v) is 5.65. The summed E-state index contributed by atoms with van der Waals surface area (Å²) < 4.78 is 90.0. The number of aromatic nitrogens is 2. The Morgan fingerprint density at radius 3 is 2.56 bits per heavy atom. The fourth-order valence-corrected chi connectivity index (χ4v) is 3.81. The monoisotopic (exact) mass is 479 g/mol. The highest BCUT2D eigenvalue weighted by molar-refractivity contribution is 7.89. The highest BCUT2D eigenvalue weighted by Gasteiger charge is 2.40. The SMILES string of the molecule is C[C@H]1CC(F)(F)CCN1c1ncc(C(F)(F)F)cc1C(=O)Nc1ccnc(S(N)(=O)=O)c1. The lowest BCUT2D eigenvalue weighted by Gasteiger charge is -2.39. The van der Waals surface area contributed by atoms with Gasteiger partial charge in [-0.1, -0.05) is 0 Å². The molecule has 1 aliphatic heterocycles. The first kappa shape index (κ1) is 23.8. The van der Waals surface area contributed by atoms with Gasteiger partial charge in [-0.05, 0) is 19.1 Å². The number of hydrogen-bond donors (Lipinski definition) is 2. The first-order valence-corrected chi connectivity index (χ1v) is 10.7. The maximum atomic E-state index is 13.7. The number of rotatable bonds is 4. The first-order valence-electron chi connectivity index (χ1n) is 9.19. The summed E-state index contributed by atoms with van der Waals surface area (Å²) in [7, 11) is -4.20. The second kappa shape index (κ2) is 8.24. The van der Waals surface area contributed by atoms with E-state index < -0.39 is 63.1 Å². The molecule has 1 fully saturated rings. The van der Waals surface area contributed by atoms with Gasteiger partial charge in [0.1, 0.15) is 5.82 Å². The Labute approximate surface area is 179 Å². The number of alkyl halides is 5. The minimum absolute atomic E-state index is 0.101. The minimum atomic E-state index is -4.81. The molecule has 1 atom stereocenters. The van der Waals surface area contributed by atoms with Gasteiger partial charge < -0.3 is 10.2 Å². The molecule has 2 aromatic rings. The average molecular weight is 479 g/mol. The van der Waals surface area contributed by atoms with Crippen molar-refractivity contribution in [1.29, 1.82) is 0 Å². The molecule has 3 heterocycles. The van der Waals surface area contributed by atoms with Gasteiger partial charge in [0.15, 0.2) is 5.03 Å². The standard InChI is InChI=1S/C18H18F5N5O3S/c1-10-8-17(19,20)3-5-28(10)15-13(6-11(9-26-15)18(21,22)23)16(29)27-12-2-4-25-14(7-12)32(24,30)31/h2,4,6-7,9-10H,3,5,8H2,1H3,(H2,24,30,31)(H,25,27,29)/t10-/m0/s1. The Balaban J connectivity index is 2.00. The molecule has 2 aromatic heterocycles. The van der Waals surface area contributed by atoms with Crippen molar-refractivity contribution in [2.75, 3.05) is 16.8 Å². The lowest BCUT2D eigenvalue weighted by atomic mass is 9.98. The number of carbonyl (C=O) groups excluding carboxylic acids is 1. The number of pyridine rings is 2. The number of hydrogen-bond acceptors (Lipinski definition) is 6. The number of nitrogens with zero attached hydrogens (tertiary/aromatic N) is 3. The fraction of sp³-hybridized carbons (Fsp3) is 0.389. The molecule has 3 N–H and O–H groups in total. The summed E-state index contributed by atoms with van der Waals surface area (Å²) in [4.78, 5) is 21.5. The van der Waals surface area contributed by atoms with Crippen molar-refractivity contribution in [2.24, 2.45) is 5.14 Å². The van der Waals surface area contributed by atoms with Gasteiger partial charge in [-0.15, -0.1) is 0 Å². The number of sulfonamides is 1. The predicted molar refractivity (Wildman–Crippen MR) is 104 cm³/mol. The minimum Gasteiger partial charge on any atom is -0.353 e. The van der Waals surface area contributed by atoms with Crippen molar-refractivity contribution in [3.8, 4) is 0 Å². The molecule has 8 nitrogen and oxygen atoms in total. The Kier molecular flexibility index (Phi) is 6.12. The third kappa shape index (κ3) is 5.30. The maximum absolute atomic E-state index is 13.7. The highest BCUT2D eigenvalue weighted by Crippen LogP contribution is 2.37. The van der Waals surface area contributed by atoms with Crippen LogP contribution in [0, 0.1) is 0 Å². The quantitative estimate of drug-likeness (QED) is 0.651. The van der Waals surface area contributed by atoms with E-state index in [1.807, 2.05) is 0 Å². The van der Waals surface area contributed by atoms with Crippen LogP contribution in [0.15, 0.2) is 35.6 Å². The fourth-order valence-electron chi connectivity index (χ4n) is 3.31. The molecule has 14 heteroatoms. The second-order valence-electron chi connectivity index (χ2n) is 7.33. The molecule has 174 valence electrons. The van der Waals surface area contributed by atoms with Crippen molar-refractivity contribution in [3.05, 3.63) is 41.7 Å². The van der Waals surface area contributed by atoms with E-state index >= 15 is 0 Å². The van der Waals surface area contributed by atoms with Gasteiger partial charge in [0, 0.05) is 49.6 Å². The molecule has 0 radical (unpaired) electrons. The number of primary sulfonamides is 1.